The van der Waals surface area contributed by atoms with E-state index in [9.17, 15) is 13.2 Å². The molecule has 0 saturated carbocycles. The van der Waals surface area contributed by atoms with E-state index in [0.717, 1.165) is 0 Å². The zero-order valence-corrected chi connectivity index (χ0v) is 15.7. The maximum Gasteiger partial charge on any atom is 0.419 e. The zero-order chi connectivity index (χ0) is 19.6. The molecule has 0 unspecified atom stereocenters. The Balaban J connectivity index is 1.99. The van der Waals surface area contributed by atoms with Gasteiger partial charge in [0, 0.05) is 7.05 Å². The van der Waals surface area contributed by atoms with Crippen LogP contribution in [0.1, 0.15) is 13.8 Å². The summed E-state index contributed by atoms with van der Waals surface area (Å²) in [6.45, 7) is 4.16. The first-order valence-corrected chi connectivity index (χ1v) is 9.59. The molecule has 1 aromatic carbocycles. The highest BCUT2D eigenvalue weighted by Gasteiger charge is 2.20. The maximum absolute atomic E-state index is 12.8. The summed E-state index contributed by atoms with van der Waals surface area (Å²) in [6, 6.07) is 4.18. The minimum atomic E-state index is -3.99. The zero-order valence-electron chi connectivity index (χ0n) is 14.9. The molecule has 27 heavy (non-hydrogen) atoms. The molecule has 0 bridgehead atoms. The number of sulfonamides is 1. The molecule has 0 aliphatic rings. The van der Waals surface area contributed by atoms with Crippen LogP contribution in [0.25, 0.3) is 11.1 Å². The lowest BCUT2D eigenvalue weighted by molar-refractivity contribution is 0.290. The number of anilines is 1. The summed E-state index contributed by atoms with van der Waals surface area (Å²) >= 11 is 0. The van der Waals surface area contributed by atoms with Crippen molar-refractivity contribution in [3.63, 3.8) is 0 Å². The highest BCUT2D eigenvalue weighted by atomic mass is 32.2. The Morgan fingerprint density at radius 3 is 2.67 bits per heavy atom. The smallest absolute Gasteiger partial charge is 0.419 e. The van der Waals surface area contributed by atoms with E-state index in [0.29, 0.717) is 17.7 Å². The van der Waals surface area contributed by atoms with Crippen molar-refractivity contribution < 1.29 is 22.3 Å². The highest BCUT2D eigenvalue weighted by Crippen LogP contribution is 2.27. The van der Waals surface area contributed by atoms with E-state index < -0.39 is 15.8 Å². The van der Waals surface area contributed by atoms with Gasteiger partial charge in [-0.25, -0.2) is 18.2 Å². The summed E-state index contributed by atoms with van der Waals surface area (Å²) in [5.74, 6) is -0.526. The van der Waals surface area contributed by atoms with Gasteiger partial charge in [0.1, 0.15) is 5.69 Å². The molecule has 1 N–H and O–H groups in total. The molecule has 0 radical (unpaired) electrons. The number of nitrogens with one attached hydrogen (secondary N) is 1. The molecule has 0 aliphatic heterocycles. The van der Waals surface area contributed by atoms with Crippen LogP contribution in [0, 0.1) is 0 Å². The van der Waals surface area contributed by atoms with Gasteiger partial charge in [-0.3, -0.25) is 9.29 Å². The van der Waals surface area contributed by atoms with Crippen molar-refractivity contribution in [1.82, 2.24) is 14.5 Å². The fourth-order valence-electron chi connectivity index (χ4n) is 2.34. The van der Waals surface area contributed by atoms with E-state index in [4.69, 9.17) is 13.9 Å². The molecule has 2 aromatic heterocycles. The van der Waals surface area contributed by atoms with E-state index in [1.807, 2.05) is 0 Å². The molecular weight excluding hydrogens is 376 g/mol. The summed E-state index contributed by atoms with van der Waals surface area (Å²) in [7, 11) is -2.49. The van der Waals surface area contributed by atoms with Crippen molar-refractivity contribution in [3.05, 3.63) is 34.9 Å². The Bertz CT molecular complexity index is 1140. The first-order chi connectivity index (χ1) is 12.9. The largest absolute Gasteiger partial charge is 0.476 e. The molecule has 0 saturated heterocycles. The van der Waals surface area contributed by atoms with Crippen molar-refractivity contribution in [1.29, 1.82) is 0 Å². The Hall–Kier alpha value is -3.08. The number of hydrogen-bond donors (Lipinski definition) is 1. The molecule has 3 aromatic rings. The molecule has 0 spiro atoms. The van der Waals surface area contributed by atoms with E-state index in [1.54, 1.807) is 13.8 Å². The third-order valence-electron chi connectivity index (χ3n) is 3.60. The van der Waals surface area contributed by atoms with Gasteiger partial charge < -0.3 is 13.9 Å². The number of fused-ring (bicyclic) bond motifs is 1. The number of nitrogens with zero attached hydrogens (tertiary/aromatic N) is 3. The molecule has 0 atom stereocenters. The molecule has 10 nitrogen and oxygen atoms in total. The Morgan fingerprint density at radius 1 is 1.22 bits per heavy atom. The molecule has 2 heterocycles. The lowest BCUT2D eigenvalue weighted by atomic mass is 10.3. The molecule has 0 fully saturated rings. The van der Waals surface area contributed by atoms with Gasteiger partial charge >= 0.3 is 11.8 Å². The maximum atomic E-state index is 12.8. The number of oxazole rings is 1. The van der Waals surface area contributed by atoms with Crippen LogP contribution in [0.15, 0.2) is 38.5 Å². The normalized spacial score (nSPS) is 11.5. The minimum Gasteiger partial charge on any atom is -0.476 e. The number of rotatable bonds is 7. The molecule has 3 rings (SSSR count). The topological polar surface area (TPSA) is 126 Å². The van der Waals surface area contributed by atoms with E-state index in [2.05, 4.69) is 14.7 Å². The number of benzene rings is 1. The molecule has 144 valence electrons. The van der Waals surface area contributed by atoms with Gasteiger partial charge in [0.25, 0.3) is 10.0 Å². The third-order valence-corrected chi connectivity index (χ3v) is 4.97. The van der Waals surface area contributed by atoms with Crippen molar-refractivity contribution in [2.24, 2.45) is 7.05 Å². The van der Waals surface area contributed by atoms with Crippen LogP contribution in [0.5, 0.6) is 11.9 Å². The summed E-state index contributed by atoms with van der Waals surface area (Å²) in [6.07, 6.45) is 1.27. The predicted molar refractivity (Wildman–Crippen MR) is 96.6 cm³/mol. The highest BCUT2D eigenvalue weighted by molar-refractivity contribution is 7.92. The van der Waals surface area contributed by atoms with E-state index >= 15 is 0 Å². The lowest BCUT2D eigenvalue weighted by Gasteiger charge is -2.12. The van der Waals surface area contributed by atoms with Crippen LogP contribution >= 0.6 is 0 Å². The molecule has 11 heteroatoms. The fourth-order valence-corrected chi connectivity index (χ4v) is 3.41. The van der Waals surface area contributed by atoms with Crippen molar-refractivity contribution in [2.75, 3.05) is 17.9 Å². The Morgan fingerprint density at radius 2 is 1.96 bits per heavy atom. The Kier molecular flexibility index (Phi) is 5.04. The summed E-state index contributed by atoms with van der Waals surface area (Å²) in [4.78, 5) is 19.5. The SMILES string of the molecule is CCOc1ncc(NS(=O)(=O)c2ccc3oc(=O)n(C)c3c2)c(OCC)n1. The van der Waals surface area contributed by atoms with E-state index in [-0.39, 0.29) is 29.1 Å². The van der Waals surface area contributed by atoms with Crippen LogP contribution < -0.4 is 20.0 Å². The quantitative estimate of drug-likeness (QED) is 0.639. The second kappa shape index (κ2) is 7.27. The summed E-state index contributed by atoms with van der Waals surface area (Å²) < 4.78 is 44.7. The number of aromatic nitrogens is 3. The van der Waals surface area contributed by atoms with E-state index in [1.165, 1.54) is 36.0 Å². The van der Waals surface area contributed by atoms with Crippen LogP contribution in [0.4, 0.5) is 5.69 Å². The van der Waals surface area contributed by atoms with Gasteiger partial charge in [0.15, 0.2) is 5.58 Å². The minimum absolute atomic E-state index is 0.0521. The molecule has 0 aliphatic carbocycles. The second-order valence-corrected chi connectivity index (χ2v) is 7.08. The second-order valence-electron chi connectivity index (χ2n) is 5.40. The van der Waals surface area contributed by atoms with Crippen LogP contribution in [0.2, 0.25) is 0 Å². The number of aryl methyl sites for hydroxylation is 1. The molecular formula is C16H18N4O6S. The van der Waals surface area contributed by atoms with Gasteiger partial charge in [-0.15, -0.1) is 0 Å². The van der Waals surface area contributed by atoms with Crippen LogP contribution in [-0.4, -0.2) is 36.2 Å². The van der Waals surface area contributed by atoms with Crippen LogP contribution in [-0.2, 0) is 17.1 Å². The monoisotopic (exact) mass is 394 g/mol. The average Bonchev–Trinajstić information content (AvgIpc) is 2.91. The first kappa shape index (κ1) is 18.7. The van der Waals surface area contributed by atoms with Crippen LogP contribution in [0.3, 0.4) is 0 Å². The predicted octanol–water partition coefficient (Wildman–Crippen LogP) is 1.52. The van der Waals surface area contributed by atoms with Gasteiger partial charge in [-0.05, 0) is 32.0 Å². The van der Waals surface area contributed by atoms with Gasteiger partial charge in [-0.2, -0.15) is 4.98 Å². The van der Waals surface area contributed by atoms with Crippen molar-refractivity contribution >= 4 is 26.8 Å². The fraction of sp³-hybridized carbons (Fsp3) is 0.312. The summed E-state index contributed by atoms with van der Waals surface area (Å²) in [5.41, 5.74) is 0.721. The summed E-state index contributed by atoms with van der Waals surface area (Å²) in [5, 5.41) is 0. The van der Waals surface area contributed by atoms with Gasteiger partial charge in [0.2, 0.25) is 5.88 Å². The standard InChI is InChI=1S/C16H18N4O6S/c1-4-24-14-11(9-17-15(18-14)25-5-2)19-27(22,23)10-6-7-13-12(8-10)20(3)16(21)26-13/h6-9,19H,4-5H2,1-3H3. The number of hydrogen-bond acceptors (Lipinski definition) is 8. The first-order valence-electron chi connectivity index (χ1n) is 8.10. The average molecular weight is 394 g/mol. The van der Waals surface area contributed by atoms with Crippen molar-refractivity contribution in [3.8, 4) is 11.9 Å². The molecule has 0 amide bonds. The van der Waals surface area contributed by atoms with Gasteiger partial charge in [-0.1, -0.05) is 0 Å². The van der Waals surface area contributed by atoms with Gasteiger partial charge in [0.05, 0.1) is 29.8 Å². The lowest BCUT2D eigenvalue weighted by Crippen LogP contribution is -2.15. The van der Waals surface area contributed by atoms with Crippen molar-refractivity contribution in [2.45, 2.75) is 18.7 Å². The Labute approximate surface area is 154 Å². The third kappa shape index (κ3) is 3.72. The number of ether oxygens (including phenoxy) is 2.